The van der Waals surface area contributed by atoms with Gasteiger partial charge in [-0.3, -0.25) is 4.79 Å². The number of fused-ring (bicyclic) bond motifs is 7. The highest BCUT2D eigenvalue weighted by molar-refractivity contribution is 5.82. The maximum Gasteiger partial charge on any atom is 0.315 e. The van der Waals surface area contributed by atoms with Crippen LogP contribution in [0.15, 0.2) is 11.6 Å². The van der Waals surface area contributed by atoms with E-state index in [9.17, 15) is 66.1 Å². The molecule has 10 aliphatic rings. The Bertz CT molecular complexity index is 2130. The van der Waals surface area contributed by atoms with Crippen molar-refractivity contribution in [3.05, 3.63) is 11.6 Å². The minimum absolute atomic E-state index is 0.0719. The summed E-state index contributed by atoms with van der Waals surface area (Å²) in [6.07, 6.45) is -24.4. The number of hydrogen-bond acceptors (Lipinski definition) is 22. The molecule has 0 aromatic carbocycles. The number of rotatable bonds is 10. The Balaban J connectivity index is 0.907. The van der Waals surface area contributed by atoms with Gasteiger partial charge in [0.15, 0.2) is 25.2 Å². The molecule has 0 aromatic heterocycles. The van der Waals surface area contributed by atoms with Gasteiger partial charge in [-0.2, -0.15) is 0 Å². The first-order valence-corrected chi connectivity index (χ1v) is 27.2. The second kappa shape index (κ2) is 19.8. The molecule has 0 amide bonds. The molecule has 4 saturated carbocycles. The fourth-order valence-electron chi connectivity index (χ4n) is 16.6. The number of ether oxygens (including phenoxy) is 9. The number of esters is 1. The van der Waals surface area contributed by atoms with Crippen LogP contribution in [0.2, 0.25) is 0 Å². The highest BCUT2D eigenvalue weighted by atomic mass is 16.8. The lowest BCUT2D eigenvalue weighted by Crippen LogP contribution is -2.68. The summed E-state index contributed by atoms with van der Waals surface area (Å²) in [6.45, 7) is 15.4. The number of carbonyl (C=O) groups is 1. The Morgan fingerprint density at radius 1 is 0.640 bits per heavy atom. The molecule has 12 N–H and O–H groups in total. The summed E-state index contributed by atoms with van der Waals surface area (Å²) in [5, 5.41) is 131. The molecule has 29 atom stereocenters. The van der Waals surface area contributed by atoms with Gasteiger partial charge in [0.25, 0.3) is 0 Å². The molecule has 5 aliphatic carbocycles. The first-order valence-electron chi connectivity index (χ1n) is 27.2. The maximum absolute atomic E-state index is 13.8. The van der Waals surface area contributed by atoms with E-state index in [2.05, 4.69) is 54.5 Å². The van der Waals surface area contributed by atoms with E-state index in [-0.39, 0.29) is 46.1 Å². The summed E-state index contributed by atoms with van der Waals surface area (Å²) in [5.74, 6) is -0.138. The third kappa shape index (κ3) is 8.68. The van der Waals surface area contributed by atoms with E-state index in [0.717, 1.165) is 25.7 Å². The lowest BCUT2D eigenvalue weighted by molar-refractivity contribution is -0.385. The molecule has 22 nitrogen and oxygen atoms in total. The van der Waals surface area contributed by atoms with Crippen molar-refractivity contribution < 1.29 is 109 Å². The molecule has 10 rings (SSSR count). The summed E-state index contributed by atoms with van der Waals surface area (Å²) in [7, 11) is 0. The van der Waals surface area contributed by atoms with Gasteiger partial charge >= 0.3 is 5.97 Å². The molecule has 0 aromatic rings. The fourth-order valence-corrected chi connectivity index (χ4v) is 16.6. The van der Waals surface area contributed by atoms with Crippen molar-refractivity contribution in [2.45, 2.75) is 242 Å². The Morgan fingerprint density at radius 3 is 1.99 bits per heavy atom. The molecular formula is C53H84O22. The monoisotopic (exact) mass is 1070 g/mol. The topological polar surface area (TPSA) is 343 Å². The second-order valence-electron chi connectivity index (χ2n) is 26.1. The molecule has 0 radical (unpaired) electrons. The minimum atomic E-state index is -1.88. The Hall–Kier alpha value is -1.59. The fraction of sp³-hybridized carbons (Fsp3) is 0.943. The highest BCUT2D eigenvalue weighted by Crippen LogP contribution is 2.77. The Kier molecular flexibility index (Phi) is 15.0. The zero-order chi connectivity index (χ0) is 54.4. The van der Waals surface area contributed by atoms with Gasteiger partial charge in [-0.15, -0.1) is 0 Å². The Morgan fingerprint density at radius 2 is 1.28 bits per heavy atom. The van der Waals surface area contributed by atoms with E-state index in [0.29, 0.717) is 25.7 Å². The van der Waals surface area contributed by atoms with Crippen LogP contribution in [0.5, 0.6) is 0 Å². The van der Waals surface area contributed by atoms with Crippen LogP contribution in [-0.4, -0.2) is 222 Å². The molecule has 22 heteroatoms. The molecule has 5 aliphatic heterocycles. The summed E-state index contributed by atoms with van der Waals surface area (Å²) in [4.78, 5) is 13.8. The van der Waals surface area contributed by atoms with Gasteiger partial charge in [0.2, 0.25) is 0 Å². The van der Waals surface area contributed by atoms with Crippen LogP contribution in [0.1, 0.15) is 107 Å². The van der Waals surface area contributed by atoms with Crippen LogP contribution < -0.4 is 0 Å². The number of aliphatic hydroxyl groups is 12. The van der Waals surface area contributed by atoms with Crippen LogP contribution in [0.25, 0.3) is 0 Å². The maximum atomic E-state index is 13.8. The smallest absolute Gasteiger partial charge is 0.315 e. The number of hydrogen-bond donors (Lipinski definition) is 12. The molecule has 2 bridgehead atoms. The molecule has 75 heavy (non-hydrogen) atoms. The van der Waals surface area contributed by atoms with Gasteiger partial charge in [0, 0.05) is 11.8 Å². The van der Waals surface area contributed by atoms with Crippen molar-refractivity contribution in [3.8, 4) is 0 Å². The van der Waals surface area contributed by atoms with Gasteiger partial charge < -0.3 is 104 Å². The third-order valence-corrected chi connectivity index (χ3v) is 21.4. The molecule has 1 spiro atoms. The SMILES string of the molecule is C[C@H]1O[C@@H](OC[C@H]2O[C@@H](O[C@H]3CC[C@@]4(C)C(CC[C@]5(C)C4CC=C4[C@@H]6CC(C)(C)[C@@H]7C[C@]6(C(=O)O7)[C@H](O)C[C@]45C)C3(C)C)[C@H](O[C@@H]3O[C@H](CO)[C@@H](O)[C@H](O)[C@H]3O)[C@@H](O)[C@@H]2O)[C@H](O[C@@H]2OC[C@@H](O)[C@H](O)[C@H]2O)[C@@H](O)[C@H]1O. The summed E-state index contributed by atoms with van der Waals surface area (Å²) in [5.41, 5.74) is -1.36. The van der Waals surface area contributed by atoms with Crippen molar-refractivity contribution in [1.82, 2.24) is 0 Å². The van der Waals surface area contributed by atoms with E-state index in [1.54, 1.807) is 0 Å². The van der Waals surface area contributed by atoms with Crippen molar-refractivity contribution in [3.63, 3.8) is 0 Å². The van der Waals surface area contributed by atoms with Crippen LogP contribution in [0.3, 0.4) is 0 Å². The summed E-state index contributed by atoms with van der Waals surface area (Å²) < 4.78 is 54.6. The second-order valence-corrected chi connectivity index (χ2v) is 26.1. The first-order chi connectivity index (χ1) is 35.1. The lowest BCUT2D eigenvalue weighted by atomic mass is 9.33. The van der Waals surface area contributed by atoms with E-state index in [4.69, 9.17) is 42.6 Å². The normalized spacial score (nSPS) is 56.1. The van der Waals surface area contributed by atoms with E-state index < -0.39 is 165 Å². The zero-order valence-electron chi connectivity index (χ0n) is 44.2. The number of carbonyl (C=O) groups excluding carboxylic acids is 1. The number of aliphatic hydroxyl groups excluding tert-OH is 12. The molecule has 5 heterocycles. The van der Waals surface area contributed by atoms with Crippen molar-refractivity contribution >= 4 is 5.97 Å². The average Bonchev–Trinajstić information content (AvgIpc) is 3.79. The van der Waals surface area contributed by atoms with Crippen LogP contribution in [0.4, 0.5) is 0 Å². The number of allylic oxidation sites excluding steroid dienone is 2. The highest BCUT2D eigenvalue weighted by Gasteiger charge is 2.75. The van der Waals surface area contributed by atoms with Gasteiger partial charge in [-0.05, 0) is 91.3 Å². The van der Waals surface area contributed by atoms with Gasteiger partial charge in [0.1, 0.15) is 97.0 Å². The van der Waals surface area contributed by atoms with E-state index in [1.165, 1.54) is 12.5 Å². The quantitative estimate of drug-likeness (QED) is 0.0681. The van der Waals surface area contributed by atoms with Crippen molar-refractivity contribution in [2.75, 3.05) is 19.8 Å². The third-order valence-electron chi connectivity index (χ3n) is 21.4. The van der Waals surface area contributed by atoms with Gasteiger partial charge in [-0.1, -0.05) is 60.1 Å². The molecular weight excluding hydrogens is 989 g/mol. The van der Waals surface area contributed by atoms with Crippen LogP contribution >= 0.6 is 0 Å². The first kappa shape index (κ1) is 56.7. The summed E-state index contributed by atoms with van der Waals surface area (Å²) in [6, 6.07) is 0. The standard InChI is InChI=1S/C53H84O22/c1-21-32(57)37(62)41(74-43-39(64)33(58)24(55)19-67-43)45(69-21)68-20-26-35(60)38(63)42(75-44-40(65)36(61)34(59)25(18-54)70-44)46(71-26)72-30-12-13-50(6)27(49(30,4)5)11-14-51(7)28(50)10-9-22-23-15-48(2,3)31-17-53(23,47(66)73-31)29(56)16-52(22,51)8/h9,21,23-46,54-65H,10-20H2,1-8H3/t21-,23+,24-,25-,26-,27?,28?,29-,30+,31+,32+,33+,34-,35-,36+,37+,38+,39-,40-,41-,42-,43+,44+,45-,46+,50+,51-,52-,53-/m1/s1. The predicted molar refractivity (Wildman–Crippen MR) is 255 cm³/mol. The van der Waals surface area contributed by atoms with Crippen LogP contribution in [-0.2, 0) is 47.4 Å². The molecule has 2 unspecified atom stereocenters. The van der Waals surface area contributed by atoms with Crippen molar-refractivity contribution in [2.24, 2.45) is 50.2 Å². The summed E-state index contributed by atoms with van der Waals surface area (Å²) >= 11 is 0. The van der Waals surface area contributed by atoms with Gasteiger partial charge in [-0.25, -0.2) is 0 Å². The Labute approximate surface area is 437 Å². The molecule has 5 saturated heterocycles. The van der Waals surface area contributed by atoms with E-state index in [1.807, 2.05) is 0 Å². The van der Waals surface area contributed by atoms with Crippen LogP contribution in [0, 0.1) is 50.2 Å². The average molecular weight is 1070 g/mol. The predicted octanol–water partition coefficient (Wildman–Crippen LogP) is -1.38. The van der Waals surface area contributed by atoms with Crippen molar-refractivity contribution in [1.29, 1.82) is 0 Å². The molecule has 428 valence electrons. The van der Waals surface area contributed by atoms with E-state index >= 15 is 0 Å². The lowest BCUT2D eigenvalue weighted by Gasteiger charge is -2.71. The zero-order valence-corrected chi connectivity index (χ0v) is 44.2. The molecule has 9 fully saturated rings. The largest absolute Gasteiger partial charge is 0.461 e. The van der Waals surface area contributed by atoms with Gasteiger partial charge in [0.05, 0.1) is 38.1 Å². The minimum Gasteiger partial charge on any atom is -0.461 e.